The van der Waals surface area contributed by atoms with Crippen LogP contribution < -0.4 is 10.2 Å². The monoisotopic (exact) mass is 209 g/mol. The zero-order valence-electron chi connectivity index (χ0n) is 9.42. The maximum absolute atomic E-state index is 5.88. The Kier molecular flexibility index (Phi) is 3.21. The van der Waals surface area contributed by atoms with Crippen molar-refractivity contribution in [1.29, 1.82) is 0 Å². The highest BCUT2D eigenvalue weighted by Gasteiger charge is 2.16. The van der Waals surface area contributed by atoms with Crippen molar-refractivity contribution in [3.8, 4) is 5.75 Å². The number of rotatable bonds is 3. The Bertz CT molecular complexity index is 318. The van der Waals surface area contributed by atoms with Crippen molar-refractivity contribution in [1.82, 2.24) is 0 Å². The van der Waals surface area contributed by atoms with Crippen molar-refractivity contribution in [2.75, 3.05) is 5.73 Å². The van der Waals surface area contributed by atoms with E-state index >= 15 is 0 Å². The molecule has 0 saturated carbocycles. The second kappa shape index (κ2) is 4.05. The van der Waals surface area contributed by atoms with Crippen LogP contribution in [0.1, 0.15) is 12.5 Å². The number of hydrogen-bond acceptors (Lipinski definition) is 2. The van der Waals surface area contributed by atoms with E-state index in [-0.39, 0.29) is 0 Å². The lowest BCUT2D eigenvalue weighted by molar-refractivity contribution is 0.557. The molecule has 0 bridgehead atoms. The molecule has 78 valence electrons. The molecule has 0 aliphatic carbocycles. The largest absolute Gasteiger partial charge is 0.544 e. The lowest BCUT2D eigenvalue weighted by Crippen LogP contribution is -2.29. The normalized spacial score (nSPS) is 11.4. The maximum Gasteiger partial charge on any atom is 0.242 e. The van der Waals surface area contributed by atoms with Crippen LogP contribution in [0, 0.1) is 0 Å². The molecule has 2 N–H and O–H groups in total. The first kappa shape index (κ1) is 11.1. The molecular weight excluding hydrogens is 190 g/mol. The third-order valence-electron chi connectivity index (χ3n) is 1.92. The standard InChI is InChI=1S/C11H19NOSi/c1-5-9-8-10(6-7-11(9)12)13-14(2,3)4/h6-8H,5,12H2,1-4H3. The highest BCUT2D eigenvalue weighted by molar-refractivity contribution is 6.70. The summed E-state index contributed by atoms with van der Waals surface area (Å²) in [6, 6.07) is 5.93. The Balaban J connectivity index is 2.90. The summed E-state index contributed by atoms with van der Waals surface area (Å²) in [6.07, 6.45) is 0.953. The number of nitrogen functional groups attached to an aromatic ring is 1. The molecule has 0 heterocycles. The molecule has 1 rings (SSSR count). The lowest BCUT2D eigenvalue weighted by Gasteiger charge is -2.20. The first-order valence-corrected chi connectivity index (χ1v) is 8.40. The molecule has 2 nitrogen and oxygen atoms in total. The van der Waals surface area contributed by atoms with Gasteiger partial charge in [-0.15, -0.1) is 0 Å². The third-order valence-corrected chi connectivity index (χ3v) is 2.77. The zero-order chi connectivity index (χ0) is 10.8. The van der Waals surface area contributed by atoms with Gasteiger partial charge in [-0.05, 0) is 49.8 Å². The van der Waals surface area contributed by atoms with Gasteiger partial charge in [-0.2, -0.15) is 0 Å². The highest BCUT2D eigenvalue weighted by atomic mass is 28.4. The van der Waals surface area contributed by atoms with Crippen molar-refractivity contribution < 1.29 is 4.43 Å². The van der Waals surface area contributed by atoms with E-state index in [1.807, 2.05) is 18.2 Å². The Labute approximate surface area is 87.2 Å². The molecule has 0 spiro atoms. The second-order valence-electron chi connectivity index (χ2n) is 4.43. The van der Waals surface area contributed by atoms with Crippen molar-refractivity contribution in [2.45, 2.75) is 33.0 Å². The van der Waals surface area contributed by atoms with Gasteiger partial charge in [0.2, 0.25) is 8.32 Å². The molecule has 3 heteroatoms. The minimum atomic E-state index is -1.49. The molecule has 0 aliphatic heterocycles. The molecule has 0 aliphatic rings. The average Bonchev–Trinajstić information content (AvgIpc) is 2.06. The zero-order valence-corrected chi connectivity index (χ0v) is 10.4. The molecule has 0 radical (unpaired) electrons. The average molecular weight is 209 g/mol. The van der Waals surface area contributed by atoms with Crippen LogP contribution in [-0.4, -0.2) is 8.32 Å². The van der Waals surface area contributed by atoms with Gasteiger partial charge in [-0.3, -0.25) is 0 Å². The van der Waals surface area contributed by atoms with E-state index in [4.69, 9.17) is 10.2 Å². The summed E-state index contributed by atoms with van der Waals surface area (Å²) >= 11 is 0. The number of anilines is 1. The Morgan fingerprint density at radius 2 is 1.93 bits per heavy atom. The van der Waals surface area contributed by atoms with Gasteiger partial charge < -0.3 is 10.2 Å². The fourth-order valence-electron chi connectivity index (χ4n) is 1.31. The van der Waals surface area contributed by atoms with Crippen molar-refractivity contribution in [3.63, 3.8) is 0 Å². The summed E-state index contributed by atoms with van der Waals surface area (Å²) in [5, 5.41) is 0. The quantitative estimate of drug-likeness (QED) is 0.613. The van der Waals surface area contributed by atoms with Crippen molar-refractivity contribution in [3.05, 3.63) is 23.8 Å². The van der Waals surface area contributed by atoms with Crippen LogP contribution in [0.4, 0.5) is 5.69 Å². The minimum absolute atomic E-state index is 0.857. The highest BCUT2D eigenvalue weighted by Crippen LogP contribution is 2.22. The number of hydrogen-bond donors (Lipinski definition) is 1. The van der Waals surface area contributed by atoms with E-state index in [0.717, 1.165) is 17.9 Å². The van der Waals surface area contributed by atoms with Crippen molar-refractivity contribution >= 4 is 14.0 Å². The summed E-state index contributed by atoms with van der Waals surface area (Å²) in [5.74, 6) is 0.954. The number of nitrogens with two attached hydrogens (primary N) is 1. The van der Waals surface area contributed by atoms with Gasteiger partial charge in [0.1, 0.15) is 5.75 Å². The summed E-state index contributed by atoms with van der Waals surface area (Å²) in [4.78, 5) is 0. The molecule has 0 aromatic heterocycles. The Hall–Kier alpha value is -0.963. The predicted molar refractivity (Wildman–Crippen MR) is 64.2 cm³/mol. The Morgan fingerprint density at radius 1 is 1.29 bits per heavy atom. The van der Waals surface area contributed by atoms with E-state index in [0.29, 0.717) is 0 Å². The van der Waals surface area contributed by atoms with Crippen LogP contribution in [0.3, 0.4) is 0 Å². The molecule has 1 aromatic carbocycles. The van der Waals surface area contributed by atoms with E-state index < -0.39 is 8.32 Å². The van der Waals surface area contributed by atoms with E-state index in [2.05, 4.69) is 26.6 Å². The van der Waals surface area contributed by atoms with Crippen LogP contribution in [0.25, 0.3) is 0 Å². The molecular formula is C11H19NOSi. The fourth-order valence-corrected chi connectivity index (χ4v) is 2.14. The first-order chi connectivity index (χ1) is 6.42. The van der Waals surface area contributed by atoms with Gasteiger partial charge in [0, 0.05) is 5.69 Å². The van der Waals surface area contributed by atoms with E-state index in [1.54, 1.807) is 0 Å². The van der Waals surface area contributed by atoms with Gasteiger partial charge in [0.25, 0.3) is 0 Å². The smallest absolute Gasteiger partial charge is 0.242 e. The van der Waals surface area contributed by atoms with Crippen LogP contribution in [-0.2, 0) is 6.42 Å². The van der Waals surface area contributed by atoms with Gasteiger partial charge in [0.05, 0.1) is 0 Å². The third kappa shape index (κ3) is 3.07. The van der Waals surface area contributed by atoms with Crippen LogP contribution in [0.5, 0.6) is 5.75 Å². The molecule has 14 heavy (non-hydrogen) atoms. The fraction of sp³-hybridized carbons (Fsp3) is 0.455. The van der Waals surface area contributed by atoms with E-state index in [1.165, 1.54) is 5.56 Å². The van der Waals surface area contributed by atoms with Gasteiger partial charge >= 0.3 is 0 Å². The SMILES string of the molecule is CCc1cc(O[Si](C)(C)C)ccc1N. The summed E-state index contributed by atoms with van der Waals surface area (Å²) in [6.45, 7) is 8.63. The molecule has 0 saturated heterocycles. The van der Waals surface area contributed by atoms with Crippen LogP contribution in [0.2, 0.25) is 19.6 Å². The van der Waals surface area contributed by atoms with E-state index in [9.17, 15) is 0 Å². The first-order valence-electron chi connectivity index (χ1n) is 5.00. The number of aryl methyl sites for hydroxylation is 1. The minimum Gasteiger partial charge on any atom is -0.544 e. The number of benzene rings is 1. The topological polar surface area (TPSA) is 35.2 Å². The van der Waals surface area contributed by atoms with Crippen LogP contribution in [0.15, 0.2) is 18.2 Å². The van der Waals surface area contributed by atoms with Crippen LogP contribution >= 0.6 is 0 Å². The van der Waals surface area contributed by atoms with Gasteiger partial charge in [-0.1, -0.05) is 6.92 Å². The molecule has 1 aromatic rings. The van der Waals surface area contributed by atoms with Crippen molar-refractivity contribution in [2.24, 2.45) is 0 Å². The predicted octanol–water partition coefficient (Wildman–Crippen LogP) is 3.04. The molecule has 0 amide bonds. The van der Waals surface area contributed by atoms with Gasteiger partial charge in [-0.25, -0.2) is 0 Å². The summed E-state index contributed by atoms with van der Waals surface area (Å²) in [5.41, 5.74) is 7.84. The molecule has 0 atom stereocenters. The lowest BCUT2D eigenvalue weighted by atomic mass is 10.1. The Morgan fingerprint density at radius 3 is 2.43 bits per heavy atom. The molecule has 0 unspecified atom stereocenters. The van der Waals surface area contributed by atoms with Gasteiger partial charge in [0.15, 0.2) is 0 Å². The second-order valence-corrected chi connectivity index (χ2v) is 8.86. The summed E-state index contributed by atoms with van der Waals surface area (Å²) in [7, 11) is -1.49. The molecule has 0 fully saturated rings. The summed E-state index contributed by atoms with van der Waals surface area (Å²) < 4.78 is 5.88. The maximum atomic E-state index is 5.88.